The number of carboxylic acids is 1. The van der Waals surface area contributed by atoms with Gasteiger partial charge in [0.05, 0.1) is 0 Å². The van der Waals surface area contributed by atoms with E-state index >= 15 is 0 Å². The molecule has 0 aliphatic heterocycles. The van der Waals surface area contributed by atoms with Crippen LogP contribution < -0.4 is 0 Å². The molecule has 0 fully saturated rings. The maximum atomic E-state index is 11.1. The predicted octanol–water partition coefficient (Wildman–Crippen LogP) is 2.79. The van der Waals surface area contributed by atoms with Crippen LogP contribution in [0.4, 0.5) is 0 Å². The summed E-state index contributed by atoms with van der Waals surface area (Å²) in [5.41, 5.74) is 0.183. The molecule has 0 spiro atoms. The standard InChI is InChI=1S/C16H13NO4/c1-16(20,15(18)19)11-7-8-13-12(9-11)17-14(21-13)10-5-3-2-4-6-10/h2-9,20H,1H3,(H,18,19). The monoisotopic (exact) mass is 283 g/mol. The summed E-state index contributed by atoms with van der Waals surface area (Å²) in [5.74, 6) is -0.855. The highest BCUT2D eigenvalue weighted by molar-refractivity contribution is 5.82. The fraction of sp³-hybridized carbons (Fsp3) is 0.125. The number of hydrogen-bond acceptors (Lipinski definition) is 4. The first kappa shape index (κ1) is 13.3. The molecule has 2 aromatic carbocycles. The molecule has 1 heterocycles. The van der Waals surface area contributed by atoms with E-state index in [2.05, 4.69) is 4.98 Å². The normalized spacial score (nSPS) is 14.0. The third-order valence-corrected chi connectivity index (χ3v) is 3.39. The average molecular weight is 283 g/mol. The van der Waals surface area contributed by atoms with E-state index in [1.807, 2.05) is 30.3 Å². The summed E-state index contributed by atoms with van der Waals surface area (Å²) in [4.78, 5) is 15.4. The Balaban J connectivity index is 2.10. The van der Waals surface area contributed by atoms with Gasteiger partial charge in [-0.2, -0.15) is 0 Å². The molecule has 3 rings (SSSR count). The van der Waals surface area contributed by atoms with Crippen LogP contribution in [0.2, 0.25) is 0 Å². The van der Waals surface area contributed by atoms with Gasteiger partial charge in [0, 0.05) is 5.56 Å². The van der Waals surface area contributed by atoms with E-state index < -0.39 is 11.6 Å². The largest absolute Gasteiger partial charge is 0.479 e. The number of carbonyl (C=O) groups is 1. The molecule has 106 valence electrons. The second-order valence-corrected chi connectivity index (χ2v) is 4.94. The zero-order valence-corrected chi connectivity index (χ0v) is 11.3. The number of aliphatic carboxylic acids is 1. The van der Waals surface area contributed by atoms with Gasteiger partial charge in [-0.05, 0) is 36.8 Å². The molecule has 21 heavy (non-hydrogen) atoms. The van der Waals surface area contributed by atoms with Crippen LogP contribution in [0.25, 0.3) is 22.6 Å². The summed E-state index contributed by atoms with van der Waals surface area (Å²) in [6.45, 7) is 1.23. The maximum Gasteiger partial charge on any atom is 0.340 e. The molecule has 1 atom stereocenters. The Morgan fingerprint density at radius 2 is 1.90 bits per heavy atom. The number of benzene rings is 2. The van der Waals surface area contributed by atoms with E-state index in [9.17, 15) is 9.90 Å². The minimum Gasteiger partial charge on any atom is -0.479 e. The second-order valence-electron chi connectivity index (χ2n) is 4.94. The van der Waals surface area contributed by atoms with E-state index in [-0.39, 0.29) is 5.56 Å². The molecule has 0 radical (unpaired) electrons. The second kappa shape index (κ2) is 4.71. The number of carboxylic acid groups (broad SMARTS) is 1. The number of oxazole rings is 1. The SMILES string of the molecule is CC(O)(C(=O)O)c1ccc2oc(-c3ccccc3)nc2c1. The van der Waals surface area contributed by atoms with Gasteiger partial charge in [0.1, 0.15) is 5.52 Å². The van der Waals surface area contributed by atoms with Crippen LogP contribution in [0, 0.1) is 0 Å². The lowest BCUT2D eigenvalue weighted by Gasteiger charge is -2.17. The van der Waals surface area contributed by atoms with Crippen molar-refractivity contribution in [2.45, 2.75) is 12.5 Å². The molecule has 0 aliphatic carbocycles. The van der Waals surface area contributed by atoms with Gasteiger partial charge in [-0.3, -0.25) is 0 Å². The fourth-order valence-electron chi connectivity index (χ4n) is 2.06. The number of rotatable bonds is 3. The van der Waals surface area contributed by atoms with Crippen molar-refractivity contribution in [3.05, 3.63) is 54.1 Å². The Morgan fingerprint density at radius 3 is 2.57 bits per heavy atom. The summed E-state index contributed by atoms with van der Waals surface area (Å²) < 4.78 is 5.64. The zero-order valence-electron chi connectivity index (χ0n) is 11.3. The fourth-order valence-corrected chi connectivity index (χ4v) is 2.06. The summed E-state index contributed by atoms with van der Waals surface area (Å²) in [6.07, 6.45) is 0. The zero-order chi connectivity index (χ0) is 15.0. The molecule has 0 bridgehead atoms. The Hall–Kier alpha value is -2.66. The summed E-state index contributed by atoms with van der Waals surface area (Å²) in [6, 6.07) is 14.1. The molecule has 1 aromatic heterocycles. The average Bonchev–Trinajstić information content (AvgIpc) is 2.91. The smallest absolute Gasteiger partial charge is 0.340 e. The van der Waals surface area contributed by atoms with Crippen molar-refractivity contribution in [3.63, 3.8) is 0 Å². The van der Waals surface area contributed by atoms with Crippen molar-refractivity contribution in [1.82, 2.24) is 4.98 Å². The number of hydrogen-bond donors (Lipinski definition) is 2. The van der Waals surface area contributed by atoms with Gasteiger partial charge in [-0.15, -0.1) is 0 Å². The van der Waals surface area contributed by atoms with Crippen LogP contribution in [-0.2, 0) is 10.4 Å². The van der Waals surface area contributed by atoms with Gasteiger partial charge in [-0.25, -0.2) is 9.78 Å². The van der Waals surface area contributed by atoms with Crippen LogP contribution >= 0.6 is 0 Å². The van der Waals surface area contributed by atoms with Crippen molar-refractivity contribution in [3.8, 4) is 11.5 Å². The first-order valence-corrected chi connectivity index (χ1v) is 6.41. The molecule has 0 amide bonds. The van der Waals surface area contributed by atoms with E-state index in [0.717, 1.165) is 5.56 Å². The first-order chi connectivity index (χ1) is 9.98. The summed E-state index contributed by atoms with van der Waals surface area (Å²) >= 11 is 0. The van der Waals surface area contributed by atoms with Crippen molar-refractivity contribution < 1.29 is 19.4 Å². The minimum absolute atomic E-state index is 0.260. The highest BCUT2D eigenvalue weighted by atomic mass is 16.4. The van der Waals surface area contributed by atoms with Gasteiger partial charge in [0.15, 0.2) is 11.2 Å². The van der Waals surface area contributed by atoms with Crippen molar-refractivity contribution in [2.75, 3.05) is 0 Å². The van der Waals surface area contributed by atoms with E-state index in [0.29, 0.717) is 17.0 Å². The third kappa shape index (κ3) is 2.28. The molecular weight excluding hydrogens is 270 g/mol. The van der Waals surface area contributed by atoms with Crippen LogP contribution in [0.15, 0.2) is 52.9 Å². The van der Waals surface area contributed by atoms with Gasteiger partial charge in [-0.1, -0.05) is 24.3 Å². The molecule has 2 N–H and O–H groups in total. The van der Waals surface area contributed by atoms with Crippen molar-refractivity contribution >= 4 is 17.1 Å². The number of aliphatic hydroxyl groups is 1. The number of fused-ring (bicyclic) bond motifs is 1. The molecule has 0 saturated heterocycles. The van der Waals surface area contributed by atoms with E-state index in [1.165, 1.54) is 19.1 Å². The maximum absolute atomic E-state index is 11.1. The van der Waals surface area contributed by atoms with Gasteiger partial charge in [0.2, 0.25) is 5.89 Å². The third-order valence-electron chi connectivity index (χ3n) is 3.39. The molecule has 5 heteroatoms. The highest BCUT2D eigenvalue weighted by Gasteiger charge is 2.32. The summed E-state index contributed by atoms with van der Waals surface area (Å²) in [7, 11) is 0. The van der Waals surface area contributed by atoms with Crippen LogP contribution in [0.5, 0.6) is 0 Å². The quantitative estimate of drug-likeness (QED) is 0.772. The first-order valence-electron chi connectivity index (χ1n) is 6.41. The number of aromatic nitrogens is 1. The van der Waals surface area contributed by atoms with Crippen LogP contribution in [-0.4, -0.2) is 21.2 Å². The Morgan fingerprint density at radius 1 is 1.19 bits per heavy atom. The molecule has 0 saturated carbocycles. The molecule has 3 aromatic rings. The minimum atomic E-state index is -1.96. The lowest BCUT2D eigenvalue weighted by atomic mass is 9.96. The van der Waals surface area contributed by atoms with Gasteiger partial charge < -0.3 is 14.6 Å². The van der Waals surface area contributed by atoms with Gasteiger partial charge >= 0.3 is 5.97 Å². The molecule has 5 nitrogen and oxygen atoms in total. The van der Waals surface area contributed by atoms with Crippen molar-refractivity contribution in [1.29, 1.82) is 0 Å². The van der Waals surface area contributed by atoms with E-state index in [1.54, 1.807) is 6.07 Å². The van der Waals surface area contributed by atoms with Crippen LogP contribution in [0.3, 0.4) is 0 Å². The van der Waals surface area contributed by atoms with Gasteiger partial charge in [0.25, 0.3) is 0 Å². The molecular formula is C16H13NO4. The Labute approximate surface area is 120 Å². The molecule has 0 aliphatic rings. The molecule has 1 unspecified atom stereocenters. The lowest BCUT2D eigenvalue weighted by molar-refractivity contribution is -0.157. The summed E-state index contributed by atoms with van der Waals surface area (Å²) in [5, 5.41) is 19.0. The topological polar surface area (TPSA) is 83.6 Å². The van der Waals surface area contributed by atoms with Crippen LogP contribution in [0.1, 0.15) is 12.5 Å². The Kier molecular flexibility index (Phi) is 2.99. The van der Waals surface area contributed by atoms with Crippen molar-refractivity contribution in [2.24, 2.45) is 0 Å². The highest BCUT2D eigenvalue weighted by Crippen LogP contribution is 2.28. The van der Waals surface area contributed by atoms with E-state index in [4.69, 9.17) is 9.52 Å². The number of nitrogens with zero attached hydrogens (tertiary/aromatic N) is 1. The lowest BCUT2D eigenvalue weighted by Crippen LogP contribution is -2.31. The Bertz CT molecular complexity index is 806. The predicted molar refractivity (Wildman–Crippen MR) is 76.7 cm³/mol.